The number of aromatic nitrogens is 2. The lowest BCUT2D eigenvalue weighted by Gasteiger charge is -2.35. The molecule has 140 valence electrons. The van der Waals surface area contributed by atoms with Crippen LogP contribution in [0.3, 0.4) is 0 Å². The van der Waals surface area contributed by atoms with Crippen molar-refractivity contribution in [3.05, 3.63) is 35.3 Å². The summed E-state index contributed by atoms with van der Waals surface area (Å²) < 4.78 is 36.9. The van der Waals surface area contributed by atoms with E-state index in [1.165, 1.54) is 11.4 Å². The van der Waals surface area contributed by atoms with E-state index < -0.39 is 16.0 Å². The van der Waals surface area contributed by atoms with E-state index in [4.69, 9.17) is 9.26 Å². The number of sulfonamides is 1. The molecule has 1 fully saturated rings. The summed E-state index contributed by atoms with van der Waals surface area (Å²) in [6.07, 6.45) is 1.59. The van der Waals surface area contributed by atoms with Crippen molar-refractivity contribution >= 4 is 21.8 Å². The second kappa shape index (κ2) is 7.04. The third kappa shape index (κ3) is 3.17. The highest BCUT2D eigenvalue weighted by atomic mass is 32.2. The summed E-state index contributed by atoms with van der Waals surface area (Å²) in [5.41, 5.74) is 0.708. The molecule has 0 atom stereocenters. The van der Waals surface area contributed by atoms with Crippen molar-refractivity contribution in [2.45, 2.75) is 18.7 Å². The highest BCUT2D eigenvalue weighted by Crippen LogP contribution is 2.26. The summed E-state index contributed by atoms with van der Waals surface area (Å²) in [5.74, 6) is 0.301. The van der Waals surface area contributed by atoms with Gasteiger partial charge in [-0.3, -0.25) is 0 Å². The summed E-state index contributed by atoms with van der Waals surface area (Å²) in [7, 11) is -2.37. The van der Waals surface area contributed by atoms with Crippen LogP contribution in [0, 0.1) is 13.8 Å². The molecule has 0 amide bonds. The van der Waals surface area contributed by atoms with Gasteiger partial charge in [0.05, 0.1) is 7.11 Å². The van der Waals surface area contributed by atoms with E-state index in [-0.39, 0.29) is 23.7 Å². The third-order valence-corrected chi connectivity index (χ3v) is 6.44. The summed E-state index contributed by atoms with van der Waals surface area (Å²) in [4.78, 5) is 18.2. The molecule has 3 rings (SSSR count). The van der Waals surface area contributed by atoms with Gasteiger partial charge in [-0.05, 0) is 26.0 Å². The fourth-order valence-corrected chi connectivity index (χ4v) is 4.74. The quantitative estimate of drug-likeness (QED) is 0.723. The monoisotopic (exact) mass is 380 g/mol. The Labute approximate surface area is 151 Å². The van der Waals surface area contributed by atoms with E-state index in [1.54, 1.807) is 32.2 Å². The topological polar surface area (TPSA) is 106 Å². The molecule has 2 aromatic rings. The van der Waals surface area contributed by atoms with Crippen LogP contribution in [0.1, 0.15) is 21.8 Å². The largest absolute Gasteiger partial charge is 0.465 e. The maximum atomic E-state index is 12.9. The molecule has 26 heavy (non-hydrogen) atoms. The smallest absolute Gasteiger partial charge is 0.341 e. The van der Waals surface area contributed by atoms with Gasteiger partial charge in [0.1, 0.15) is 22.0 Å². The Bertz CT molecular complexity index is 897. The lowest BCUT2D eigenvalue weighted by Crippen LogP contribution is -2.49. The number of anilines is 1. The number of methoxy groups -OCH3 is 1. The fraction of sp³-hybridized carbons (Fsp3) is 0.438. The molecule has 9 nitrogen and oxygen atoms in total. The molecule has 0 saturated carbocycles. The predicted octanol–water partition coefficient (Wildman–Crippen LogP) is 0.984. The Morgan fingerprint density at radius 2 is 1.92 bits per heavy atom. The number of pyridine rings is 1. The van der Waals surface area contributed by atoms with Gasteiger partial charge in [0.25, 0.3) is 0 Å². The number of carbonyl (C=O) groups excluding carboxylic acids is 1. The van der Waals surface area contributed by atoms with E-state index in [0.29, 0.717) is 30.2 Å². The first-order valence-corrected chi connectivity index (χ1v) is 9.51. The minimum atomic E-state index is -3.68. The van der Waals surface area contributed by atoms with Crippen LogP contribution in [0.25, 0.3) is 0 Å². The van der Waals surface area contributed by atoms with Crippen LogP contribution in [0.2, 0.25) is 0 Å². The summed E-state index contributed by atoms with van der Waals surface area (Å²) in [5, 5.41) is 3.73. The molecule has 0 bridgehead atoms. The van der Waals surface area contributed by atoms with Gasteiger partial charge in [-0.1, -0.05) is 5.16 Å². The van der Waals surface area contributed by atoms with Crippen molar-refractivity contribution in [3.8, 4) is 0 Å². The van der Waals surface area contributed by atoms with Crippen molar-refractivity contribution in [1.29, 1.82) is 0 Å². The van der Waals surface area contributed by atoms with E-state index in [2.05, 4.69) is 10.1 Å². The standard InChI is InChI=1S/C16H20N4O5S/c1-11-14(12(2)25-18-11)26(22,23)20-9-7-19(8-10-20)15-13(16(21)24-3)5-4-6-17-15/h4-6H,7-10H2,1-3H3. The van der Waals surface area contributed by atoms with Crippen LogP contribution in [0.5, 0.6) is 0 Å². The van der Waals surface area contributed by atoms with Crippen LogP contribution in [0.4, 0.5) is 5.82 Å². The average Bonchev–Trinajstić information content (AvgIpc) is 3.00. The number of ether oxygens (including phenoxy) is 1. The van der Waals surface area contributed by atoms with Crippen LogP contribution in [-0.4, -0.2) is 62.1 Å². The second-order valence-electron chi connectivity index (χ2n) is 5.91. The van der Waals surface area contributed by atoms with Crippen LogP contribution < -0.4 is 4.90 Å². The van der Waals surface area contributed by atoms with Crippen LogP contribution >= 0.6 is 0 Å². The predicted molar refractivity (Wildman–Crippen MR) is 92.5 cm³/mol. The molecule has 0 N–H and O–H groups in total. The minimum absolute atomic E-state index is 0.124. The van der Waals surface area contributed by atoms with E-state index in [9.17, 15) is 13.2 Å². The molecule has 1 aliphatic rings. The maximum Gasteiger partial charge on any atom is 0.341 e. The molecule has 0 spiro atoms. The fourth-order valence-electron chi connectivity index (χ4n) is 3.03. The molecule has 0 radical (unpaired) electrons. The SMILES string of the molecule is COC(=O)c1cccnc1N1CCN(S(=O)(=O)c2c(C)noc2C)CC1. The van der Waals surface area contributed by atoms with Crippen LogP contribution in [-0.2, 0) is 14.8 Å². The second-order valence-corrected chi connectivity index (χ2v) is 7.79. The lowest BCUT2D eigenvalue weighted by molar-refractivity contribution is 0.0601. The van der Waals surface area contributed by atoms with Crippen molar-refractivity contribution in [3.63, 3.8) is 0 Å². The van der Waals surface area contributed by atoms with Gasteiger partial charge in [0.2, 0.25) is 10.0 Å². The first-order chi connectivity index (χ1) is 12.4. The van der Waals surface area contributed by atoms with E-state index >= 15 is 0 Å². The number of nitrogens with zero attached hydrogens (tertiary/aromatic N) is 4. The van der Waals surface area contributed by atoms with Crippen molar-refractivity contribution in [1.82, 2.24) is 14.4 Å². The molecule has 2 aromatic heterocycles. The highest BCUT2D eigenvalue weighted by Gasteiger charge is 2.34. The molecule has 0 aliphatic carbocycles. The number of carbonyl (C=O) groups is 1. The molecule has 0 aromatic carbocycles. The molecule has 3 heterocycles. The van der Waals surface area contributed by atoms with Crippen molar-refractivity contribution in [2.75, 3.05) is 38.2 Å². The van der Waals surface area contributed by atoms with Gasteiger partial charge in [0, 0.05) is 32.4 Å². The lowest BCUT2D eigenvalue weighted by atomic mass is 10.2. The van der Waals surface area contributed by atoms with Gasteiger partial charge < -0.3 is 14.2 Å². The molecule has 10 heteroatoms. The number of piperazine rings is 1. The number of hydrogen-bond acceptors (Lipinski definition) is 8. The Morgan fingerprint density at radius 1 is 1.23 bits per heavy atom. The van der Waals surface area contributed by atoms with Gasteiger partial charge in [-0.25, -0.2) is 18.2 Å². The Kier molecular flexibility index (Phi) is 4.97. The van der Waals surface area contributed by atoms with Gasteiger partial charge in [-0.15, -0.1) is 0 Å². The Morgan fingerprint density at radius 3 is 2.50 bits per heavy atom. The molecular formula is C16H20N4O5S. The molecule has 1 aliphatic heterocycles. The zero-order valence-corrected chi connectivity index (χ0v) is 15.6. The first kappa shape index (κ1) is 18.3. The Hall–Kier alpha value is -2.46. The number of hydrogen-bond donors (Lipinski definition) is 0. The number of esters is 1. The van der Waals surface area contributed by atoms with Crippen molar-refractivity contribution in [2.24, 2.45) is 0 Å². The Balaban J connectivity index is 1.79. The molecule has 0 unspecified atom stereocenters. The molecular weight excluding hydrogens is 360 g/mol. The first-order valence-electron chi connectivity index (χ1n) is 8.07. The summed E-state index contributed by atoms with van der Waals surface area (Å²) in [6.45, 7) is 4.54. The van der Waals surface area contributed by atoms with Gasteiger partial charge in [0.15, 0.2) is 5.76 Å². The highest BCUT2D eigenvalue weighted by molar-refractivity contribution is 7.89. The zero-order valence-electron chi connectivity index (χ0n) is 14.8. The number of rotatable bonds is 4. The summed E-state index contributed by atoms with van der Waals surface area (Å²) in [6, 6.07) is 3.30. The minimum Gasteiger partial charge on any atom is -0.465 e. The maximum absolute atomic E-state index is 12.9. The van der Waals surface area contributed by atoms with E-state index in [0.717, 1.165) is 0 Å². The van der Waals surface area contributed by atoms with Crippen LogP contribution in [0.15, 0.2) is 27.7 Å². The summed E-state index contributed by atoms with van der Waals surface area (Å²) >= 11 is 0. The normalized spacial score (nSPS) is 15.9. The molecule has 1 saturated heterocycles. The van der Waals surface area contributed by atoms with Gasteiger partial charge >= 0.3 is 5.97 Å². The van der Waals surface area contributed by atoms with Crippen molar-refractivity contribution < 1.29 is 22.5 Å². The van der Waals surface area contributed by atoms with Gasteiger partial charge in [-0.2, -0.15) is 4.31 Å². The third-order valence-electron chi connectivity index (χ3n) is 4.30. The number of aryl methyl sites for hydroxylation is 2. The van der Waals surface area contributed by atoms with E-state index in [1.807, 2.05) is 4.90 Å². The zero-order chi connectivity index (χ0) is 18.9. The average molecular weight is 380 g/mol.